The maximum absolute atomic E-state index is 4.02. The van der Waals surface area contributed by atoms with E-state index in [1.807, 2.05) is 0 Å². The Morgan fingerprint density at radius 3 is 2.85 bits per heavy atom. The number of alkyl halides is 1. The lowest BCUT2D eigenvalue weighted by Crippen LogP contribution is -1.88. The summed E-state index contributed by atoms with van der Waals surface area (Å²) in [5.74, 6) is 0. The van der Waals surface area contributed by atoms with Crippen molar-refractivity contribution in [3.8, 4) is 0 Å². The maximum Gasteiger partial charge on any atom is 0.0283 e. The lowest BCUT2D eigenvalue weighted by Gasteiger charge is -2.05. The van der Waals surface area contributed by atoms with Crippen molar-refractivity contribution in [1.29, 1.82) is 0 Å². The first-order valence-electron chi connectivity index (χ1n) is 4.67. The Morgan fingerprint density at radius 1 is 1.31 bits per heavy atom. The van der Waals surface area contributed by atoms with Gasteiger partial charge in [-0.25, -0.2) is 0 Å². The van der Waals surface area contributed by atoms with E-state index in [1.54, 1.807) is 0 Å². The molecule has 1 aliphatic rings. The Hall–Kier alpha value is -0.560. The van der Waals surface area contributed by atoms with Gasteiger partial charge in [-0.3, -0.25) is 0 Å². The molecular weight excluding hydrogens is 224 g/mol. The molecule has 0 spiro atoms. The predicted molar refractivity (Wildman–Crippen MR) is 61.3 cm³/mol. The van der Waals surface area contributed by atoms with Gasteiger partial charge in [0, 0.05) is 5.33 Å². The molecule has 1 aliphatic carbocycles. The fourth-order valence-corrected chi connectivity index (χ4v) is 2.19. The van der Waals surface area contributed by atoms with Crippen molar-refractivity contribution in [2.24, 2.45) is 0 Å². The van der Waals surface area contributed by atoms with Crippen LogP contribution in [0.25, 0.3) is 5.57 Å². The van der Waals surface area contributed by atoms with E-state index in [1.165, 1.54) is 41.5 Å². The van der Waals surface area contributed by atoms with Crippen LogP contribution in [-0.2, 0) is 12.8 Å². The molecule has 0 atom stereocenters. The van der Waals surface area contributed by atoms with Gasteiger partial charge in [0.25, 0.3) is 0 Å². The summed E-state index contributed by atoms with van der Waals surface area (Å²) >= 11 is 3.43. The highest BCUT2D eigenvalue weighted by Gasteiger charge is 2.10. The van der Waals surface area contributed by atoms with Gasteiger partial charge >= 0.3 is 0 Å². The average molecular weight is 237 g/mol. The van der Waals surface area contributed by atoms with Crippen molar-refractivity contribution >= 4 is 21.5 Å². The van der Waals surface area contributed by atoms with Gasteiger partial charge < -0.3 is 0 Å². The molecule has 0 N–H and O–H groups in total. The summed E-state index contributed by atoms with van der Waals surface area (Å²) in [6.45, 7) is 4.02. The molecule has 0 aliphatic heterocycles. The van der Waals surface area contributed by atoms with Crippen molar-refractivity contribution in [2.75, 3.05) is 5.33 Å². The number of aryl methyl sites for hydroxylation is 2. The van der Waals surface area contributed by atoms with E-state index in [-0.39, 0.29) is 0 Å². The SMILES string of the molecule is C=C(CBr)c1ccc2c(c1)CCC2. The molecule has 1 aromatic rings. The number of rotatable bonds is 2. The summed E-state index contributed by atoms with van der Waals surface area (Å²) in [7, 11) is 0. The molecule has 1 aromatic carbocycles. The highest BCUT2D eigenvalue weighted by Crippen LogP contribution is 2.25. The zero-order valence-electron chi connectivity index (χ0n) is 7.65. The van der Waals surface area contributed by atoms with Gasteiger partial charge in [-0.2, -0.15) is 0 Å². The van der Waals surface area contributed by atoms with Crippen LogP contribution in [0.1, 0.15) is 23.1 Å². The molecule has 0 fully saturated rings. The predicted octanol–water partition coefficient (Wildman–Crippen LogP) is 3.58. The third-order valence-corrected chi connectivity index (χ3v) is 3.34. The molecule has 1 heteroatoms. The van der Waals surface area contributed by atoms with Gasteiger partial charge in [-0.05, 0) is 41.5 Å². The summed E-state index contributed by atoms with van der Waals surface area (Å²) in [5.41, 5.74) is 5.53. The van der Waals surface area contributed by atoms with E-state index >= 15 is 0 Å². The van der Waals surface area contributed by atoms with Gasteiger partial charge in [0.2, 0.25) is 0 Å². The first-order chi connectivity index (χ1) is 6.31. The molecule has 0 amide bonds. The molecule has 68 valence electrons. The Labute approximate surface area is 87.8 Å². The largest absolute Gasteiger partial charge is 0.0944 e. The number of hydrogen-bond acceptors (Lipinski definition) is 0. The van der Waals surface area contributed by atoms with Crippen molar-refractivity contribution < 1.29 is 0 Å². The van der Waals surface area contributed by atoms with E-state index in [2.05, 4.69) is 40.7 Å². The van der Waals surface area contributed by atoms with Gasteiger partial charge in [-0.15, -0.1) is 0 Å². The maximum atomic E-state index is 4.02. The van der Waals surface area contributed by atoms with E-state index in [0.29, 0.717) is 0 Å². The van der Waals surface area contributed by atoms with Gasteiger partial charge in [0.05, 0.1) is 0 Å². The van der Waals surface area contributed by atoms with E-state index in [0.717, 1.165) is 5.33 Å². The summed E-state index contributed by atoms with van der Waals surface area (Å²) in [4.78, 5) is 0. The molecule has 13 heavy (non-hydrogen) atoms. The molecule has 0 radical (unpaired) electrons. The Kier molecular flexibility index (Phi) is 2.54. The zero-order chi connectivity index (χ0) is 9.26. The Balaban J connectivity index is 2.36. The van der Waals surface area contributed by atoms with E-state index < -0.39 is 0 Å². The molecule has 0 heterocycles. The summed E-state index contributed by atoms with van der Waals surface area (Å²) in [6.07, 6.45) is 3.83. The topological polar surface area (TPSA) is 0 Å². The normalized spacial score (nSPS) is 14.2. The van der Waals surface area contributed by atoms with E-state index in [4.69, 9.17) is 0 Å². The minimum atomic E-state index is 0.867. The van der Waals surface area contributed by atoms with E-state index in [9.17, 15) is 0 Å². The Morgan fingerprint density at radius 2 is 2.08 bits per heavy atom. The standard InChI is InChI=1S/C12H13Br/c1-9(8-13)11-6-5-10-3-2-4-12(10)7-11/h5-7H,1-4,8H2. The number of hydrogen-bond donors (Lipinski definition) is 0. The molecule has 0 unspecified atom stereocenters. The second kappa shape index (κ2) is 3.67. The van der Waals surface area contributed by atoms with Crippen LogP contribution in [0.2, 0.25) is 0 Å². The minimum absolute atomic E-state index is 0.867. The van der Waals surface area contributed by atoms with Crippen LogP contribution in [0.4, 0.5) is 0 Å². The van der Waals surface area contributed by atoms with Crippen LogP contribution < -0.4 is 0 Å². The Bertz CT molecular complexity index is 339. The summed E-state index contributed by atoms with van der Waals surface area (Å²) < 4.78 is 0. The lowest BCUT2D eigenvalue weighted by molar-refractivity contribution is 0.912. The number of allylic oxidation sites excluding steroid dienone is 1. The fraction of sp³-hybridized carbons (Fsp3) is 0.333. The van der Waals surface area contributed by atoms with Crippen molar-refractivity contribution in [2.45, 2.75) is 19.3 Å². The number of benzene rings is 1. The van der Waals surface area contributed by atoms with Crippen LogP contribution in [0.5, 0.6) is 0 Å². The van der Waals surface area contributed by atoms with Gasteiger partial charge in [0.1, 0.15) is 0 Å². The third-order valence-electron chi connectivity index (χ3n) is 2.67. The smallest absolute Gasteiger partial charge is 0.0283 e. The van der Waals surface area contributed by atoms with Crippen molar-refractivity contribution in [3.05, 3.63) is 41.5 Å². The highest BCUT2D eigenvalue weighted by molar-refractivity contribution is 9.09. The van der Waals surface area contributed by atoms with Crippen LogP contribution in [0.3, 0.4) is 0 Å². The van der Waals surface area contributed by atoms with Crippen LogP contribution in [0.15, 0.2) is 24.8 Å². The minimum Gasteiger partial charge on any atom is -0.0944 e. The highest BCUT2D eigenvalue weighted by atomic mass is 79.9. The first kappa shape index (κ1) is 9.01. The lowest BCUT2D eigenvalue weighted by atomic mass is 10.0. The number of halogens is 1. The zero-order valence-corrected chi connectivity index (χ0v) is 9.23. The van der Waals surface area contributed by atoms with Crippen LogP contribution in [0, 0.1) is 0 Å². The third kappa shape index (κ3) is 1.71. The molecule has 0 bridgehead atoms. The molecule has 0 nitrogen and oxygen atoms in total. The number of fused-ring (bicyclic) bond motifs is 1. The fourth-order valence-electron chi connectivity index (χ4n) is 1.87. The average Bonchev–Trinajstić information content (AvgIpc) is 2.63. The summed E-state index contributed by atoms with van der Waals surface area (Å²) in [5, 5.41) is 0.867. The van der Waals surface area contributed by atoms with Crippen LogP contribution in [-0.4, -0.2) is 5.33 Å². The summed E-state index contributed by atoms with van der Waals surface area (Å²) in [6, 6.07) is 6.74. The molecule has 0 saturated carbocycles. The van der Waals surface area contributed by atoms with Crippen LogP contribution >= 0.6 is 15.9 Å². The molecule has 0 aromatic heterocycles. The van der Waals surface area contributed by atoms with Crippen molar-refractivity contribution in [1.82, 2.24) is 0 Å². The first-order valence-corrected chi connectivity index (χ1v) is 5.79. The second-order valence-corrected chi connectivity index (χ2v) is 4.13. The molecule has 0 saturated heterocycles. The second-order valence-electron chi connectivity index (χ2n) is 3.57. The van der Waals surface area contributed by atoms with Crippen molar-refractivity contribution in [3.63, 3.8) is 0 Å². The van der Waals surface area contributed by atoms with Gasteiger partial charge in [0.15, 0.2) is 0 Å². The van der Waals surface area contributed by atoms with Gasteiger partial charge in [-0.1, -0.05) is 40.7 Å². The molecule has 2 rings (SSSR count). The monoisotopic (exact) mass is 236 g/mol. The molecular formula is C12H13Br. The quantitative estimate of drug-likeness (QED) is 0.689.